The molecule has 1 aromatic rings. The molecular weight excluding hydrogens is 523 g/mol. The molecule has 0 bridgehead atoms. The molecule has 32 heavy (non-hydrogen) atoms. The van der Waals surface area contributed by atoms with Gasteiger partial charge in [-0.3, -0.25) is 14.5 Å². The van der Waals surface area contributed by atoms with E-state index in [0.717, 1.165) is 63.6 Å². The summed E-state index contributed by atoms with van der Waals surface area (Å²) in [5.74, 6) is 0.789. The number of hydrogen-bond acceptors (Lipinski definition) is 5. The van der Waals surface area contributed by atoms with Gasteiger partial charge in [0.25, 0.3) is 0 Å². The Morgan fingerprint density at radius 3 is 2.47 bits per heavy atom. The number of likely N-dealkylation sites (N-methyl/N-ethyl adjacent to an activating group) is 1. The number of carbonyl (C=O) groups is 2. The minimum absolute atomic E-state index is 0. The van der Waals surface area contributed by atoms with Crippen molar-refractivity contribution in [1.82, 2.24) is 20.4 Å². The van der Waals surface area contributed by atoms with E-state index < -0.39 is 0 Å². The zero-order valence-electron chi connectivity index (χ0n) is 19.0. The molecule has 9 nitrogen and oxygen atoms in total. The van der Waals surface area contributed by atoms with Crippen LogP contribution in [0.15, 0.2) is 29.3 Å². The number of amides is 2. The second-order valence-corrected chi connectivity index (χ2v) is 8.00. The number of aliphatic imine (C=N–C) groups is 1. The van der Waals surface area contributed by atoms with Gasteiger partial charge in [0.2, 0.25) is 11.8 Å². The van der Waals surface area contributed by atoms with Crippen LogP contribution in [-0.2, 0) is 20.9 Å². The molecule has 0 saturated carbocycles. The molecule has 10 heteroatoms. The number of benzene rings is 1. The minimum atomic E-state index is -0.0117. The standard InChI is InChI=1S/C22H34N6O3.HI/c1-26(2)21(30)17-25-22(23-9-11-27-12-14-31-15-13-27)24-16-18-5-7-19(8-6-18)28-10-3-4-20(28)29;/h5-8H,3-4,9-17H2,1-2H3,(H2,23,24,25);1H. The van der Waals surface area contributed by atoms with E-state index in [2.05, 4.69) is 20.5 Å². The van der Waals surface area contributed by atoms with E-state index in [1.165, 1.54) is 0 Å². The Bertz CT molecular complexity index is 765. The van der Waals surface area contributed by atoms with Crippen molar-refractivity contribution in [2.24, 2.45) is 4.99 Å². The van der Waals surface area contributed by atoms with Gasteiger partial charge in [0.05, 0.1) is 26.3 Å². The number of nitrogens with one attached hydrogen (secondary N) is 2. The molecule has 2 fully saturated rings. The van der Waals surface area contributed by atoms with Crippen LogP contribution in [0, 0.1) is 0 Å². The second-order valence-electron chi connectivity index (χ2n) is 8.00. The van der Waals surface area contributed by atoms with Crippen LogP contribution < -0.4 is 15.5 Å². The molecule has 1 aromatic carbocycles. The lowest BCUT2D eigenvalue weighted by molar-refractivity contribution is -0.127. The Morgan fingerprint density at radius 1 is 1.12 bits per heavy atom. The zero-order chi connectivity index (χ0) is 22.1. The molecule has 0 aliphatic carbocycles. The lowest BCUT2D eigenvalue weighted by Crippen LogP contribution is -2.46. The highest BCUT2D eigenvalue weighted by Gasteiger charge is 2.21. The smallest absolute Gasteiger partial charge is 0.241 e. The van der Waals surface area contributed by atoms with Gasteiger partial charge >= 0.3 is 0 Å². The van der Waals surface area contributed by atoms with Gasteiger partial charge < -0.3 is 25.2 Å². The van der Waals surface area contributed by atoms with E-state index in [-0.39, 0.29) is 42.3 Å². The molecule has 0 atom stereocenters. The maximum atomic E-state index is 12.0. The first-order valence-electron chi connectivity index (χ1n) is 10.9. The number of ether oxygens (including phenoxy) is 1. The second kappa shape index (κ2) is 13.6. The average molecular weight is 558 g/mol. The SMILES string of the molecule is CN(C)C(=O)CNC(=NCc1ccc(N2CCCC2=O)cc1)NCCN1CCOCC1.I. The molecule has 3 rings (SSSR count). The van der Waals surface area contributed by atoms with Crippen molar-refractivity contribution in [1.29, 1.82) is 0 Å². The average Bonchev–Trinajstić information content (AvgIpc) is 3.21. The van der Waals surface area contributed by atoms with Gasteiger partial charge in [-0.1, -0.05) is 12.1 Å². The Morgan fingerprint density at radius 2 is 1.84 bits per heavy atom. The van der Waals surface area contributed by atoms with Crippen molar-refractivity contribution in [2.45, 2.75) is 19.4 Å². The van der Waals surface area contributed by atoms with Crippen LogP contribution >= 0.6 is 24.0 Å². The lowest BCUT2D eigenvalue weighted by atomic mass is 10.2. The summed E-state index contributed by atoms with van der Waals surface area (Å²) in [6.45, 7) is 6.51. The topological polar surface area (TPSA) is 89.5 Å². The quantitative estimate of drug-likeness (QED) is 0.280. The van der Waals surface area contributed by atoms with Crippen molar-refractivity contribution >= 4 is 47.4 Å². The fourth-order valence-electron chi connectivity index (χ4n) is 3.52. The number of guanidine groups is 1. The minimum Gasteiger partial charge on any atom is -0.379 e. The number of morpholine rings is 1. The predicted octanol–water partition coefficient (Wildman–Crippen LogP) is 0.887. The highest BCUT2D eigenvalue weighted by atomic mass is 127. The van der Waals surface area contributed by atoms with Gasteiger partial charge in [0.15, 0.2) is 5.96 Å². The largest absolute Gasteiger partial charge is 0.379 e. The van der Waals surface area contributed by atoms with Crippen molar-refractivity contribution in [3.8, 4) is 0 Å². The Balaban J connectivity index is 0.00000363. The van der Waals surface area contributed by atoms with Gasteiger partial charge in [-0.2, -0.15) is 0 Å². The first kappa shape index (κ1) is 26.3. The van der Waals surface area contributed by atoms with Crippen molar-refractivity contribution < 1.29 is 14.3 Å². The van der Waals surface area contributed by atoms with E-state index in [0.29, 0.717) is 18.9 Å². The summed E-state index contributed by atoms with van der Waals surface area (Å²) in [6, 6.07) is 7.95. The van der Waals surface area contributed by atoms with E-state index >= 15 is 0 Å². The first-order valence-corrected chi connectivity index (χ1v) is 10.9. The van der Waals surface area contributed by atoms with Crippen LogP contribution in [0.4, 0.5) is 5.69 Å². The van der Waals surface area contributed by atoms with E-state index in [1.807, 2.05) is 29.2 Å². The van der Waals surface area contributed by atoms with Crippen molar-refractivity contribution in [2.75, 3.05) is 71.5 Å². The first-order chi connectivity index (χ1) is 15.0. The van der Waals surface area contributed by atoms with Crippen LogP contribution in [0.25, 0.3) is 0 Å². The third-order valence-corrected chi connectivity index (χ3v) is 5.47. The van der Waals surface area contributed by atoms with Gasteiger partial charge in [0, 0.05) is 58.9 Å². The normalized spacial score (nSPS) is 17.1. The maximum Gasteiger partial charge on any atom is 0.241 e. The summed E-state index contributed by atoms with van der Waals surface area (Å²) in [5.41, 5.74) is 1.98. The molecule has 0 aromatic heterocycles. The molecule has 0 spiro atoms. The number of hydrogen-bond donors (Lipinski definition) is 2. The van der Waals surface area contributed by atoms with Gasteiger partial charge in [-0.15, -0.1) is 24.0 Å². The van der Waals surface area contributed by atoms with E-state index in [4.69, 9.17) is 4.74 Å². The number of anilines is 1. The molecule has 2 heterocycles. The van der Waals surface area contributed by atoms with Crippen LogP contribution in [0.2, 0.25) is 0 Å². The summed E-state index contributed by atoms with van der Waals surface area (Å²) < 4.78 is 5.39. The molecule has 178 valence electrons. The van der Waals surface area contributed by atoms with Crippen LogP contribution in [-0.4, -0.2) is 94.2 Å². The highest BCUT2D eigenvalue weighted by molar-refractivity contribution is 14.0. The molecule has 0 unspecified atom stereocenters. The highest BCUT2D eigenvalue weighted by Crippen LogP contribution is 2.21. The summed E-state index contributed by atoms with van der Waals surface area (Å²) in [7, 11) is 3.47. The number of nitrogens with zero attached hydrogens (tertiary/aromatic N) is 4. The Labute approximate surface area is 207 Å². The summed E-state index contributed by atoms with van der Waals surface area (Å²) in [5, 5.41) is 6.45. The van der Waals surface area contributed by atoms with Gasteiger partial charge in [-0.05, 0) is 24.1 Å². The molecule has 2 amide bonds. The van der Waals surface area contributed by atoms with Crippen molar-refractivity contribution in [3.05, 3.63) is 29.8 Å². The lowest BCUT2D eigenvalue weighted by Gasteiger charge is -2.26. The fraction of sp³-hybridized carbons (Fsp3) is 0.591. The van der Waals surface area contributed by atoms with E-state index in [1.54, 1.807) is 19.0 Å². The Kier molecular flexibility index (Phi) is 11.2. The molecule has 2 saturated heterocycles. The predicted molar refractivity (Wildman–Crippen MR) is 137 cm³/mol. The summed E-state index contributed by atoms with van der Waals surface area (Å²) >= 11 is 0. The number of carbonyl (C=O) groups excluding carboxylic acids is 2. The number of rotatable bonds is 8. The molecule has 2 N–H and O–H groups in total. The zero-order valence-corrected chi connectivity index (χ0v) is 21.3. The van der Waals surface area contributed by atoms with Gasteiger partial charge in [-0.25, -0.2) is 4.99 Å². The van der Waals surface area contributed by atoms with E-state index in [9.17, 15) is 9.59 Å². The van der Waals surface area contributed by atoms with Crippen LogP contribution in [0.5, 0.6) is 0 Å². The fourth-order valence-corrected chi connectivity index (χ4v) is 3.52. The summed E-state index contributed by atoms with van der Waals surface area (Å²) in [4.78, 5) is 34.2. The third kappa shape index (κ3) is 8.21. The third-order valence-electron chi connectivity index (χ3n) is 5.47. The molecular formula is C22H35IN6O3. The van der Waals surface area contributed by atoms with Crippen LogP contribution in [0.3, 0.4) is 0 Å². The number of halogens is 1. The van der Waals surface area contributed by atoms with Crippen LogP contribution in [0.1, 0.15) is 18.4 Å². The van der Waals surface area contributed by atoms with Crippen molar-refractivity contribution in [3.63, 3.8) is 0 Å². The maximum absolute atomic E-state index is 12.0. The molecule has 2 aliphatic heterocycles. The van der Waals surface area contributed by atoms with Gasteiger partial charge in [0.1, 0.15) is 0 Å². The Hall–Kier alpha value is -1.92. The summed E-state index contributed by atoms with van der Waals surface area (Å²) in [6.07, 6.45) is 1.55. The molecule has 2 aliphatic rings. The monoisotopic (exact) mass is 558 g/mol. The molecule has 0 radical (unpaired) electrons.